The smallest absolute Gasteiger partial charge is 0.00788 e. The molecule has 0 heterocycles. The summed E-state index contributed by atoms with van der Waals surface area (Å²) in [6.45, 7) is 0. The third-order valence-corrected chi connectivity index (χ3v) is 2.74. The average molecular weight is 156 g/mol. The normalized spacial score (nSPS) is 33.3. The van der Waals surface area contributed by atoms with Gasteiger partial charge in [-0.25, -0.2) is 0 Å². The van der Waals surface area contributed by atoms with Gasteiger partial charge in [-0.3, -0.25) is 0 Å². The summed E-state index contributed by atoms with van der Waals surface area (Å²) in [5.74, 6) is 0. The summed E-state index contributed by atoms with van der Waals surface area (Å²) in [5, 5.41) is 6.74. The molecule has 2 N–H and O–H groups in total. The number of hydrogen-bond acceptors (Lipinski definition) is 2. The number of nitrogens with one attached hydrogen (secondary N) is 2. The summed E-state index contributed by atoms with van der Waals surface area (Å²) in [7, 11) is 4.14. The molecule has 2 unspecified atom stereocenters. The lowest BCUT2D eigenvalue weighted by Crippen LogP contribution is -2.33. The summed E-state index contributed by atoms with van der Waals surface area (Å²) >= 11 is 0. The monoisotopic (exact) mass is 156 g/mol. The topological polar surface area (TPSA) is 24.1 Å². The van der Waals surface area contributed by atoms with E-state index in [4.69, 9.17) is 0 Å². The molecule has 0 bridgehead atoms. The van der Waals surface area contributed by atoms with E-state index < -0.39 is 0 Å². The van der Waals surface area contributed by atoms with Crippen LogP contribution in [0.25, 0.3) is 0 Å². The highest BCUT2D eigenvalue weighted by atomic mass is 14.9. The molecule has 1 rings (SSSR count). The Balaban J connectivity index is 2.33. The van der Waals surface area contributed by atoms with Crippen molar-refractivity contribution in [2.24, 2.45) is 0 Å². The van der Waals surface area contributed by atoms with Crippen LogP contribution in [0.5, 0.6) is 0 Å². The van der Waals surface area contributed by atoms with Gasteiger partial charge >= 0.3 is 0 Å². The second-order valence-corrected chi connectivity index (χ2v) is 3.49. The molecule has 0 aromatic heterocycles. The van der Waals surface area contributed by atoms with Crippen LogP contribution < -0.4 is 10.6 Å². The van der Waals surface area contributed by atoms with E-state index in [1.54, 1.807) is 0 Å². The summed E-state index contributed by atoms with van der Waals surface area (Å²) in [5.41, 5.74) is 0. The average Bonchev–Trinajstić information content (AvgIpc) is 2.28. The molecule has 0 radical (unpaired) electrons. The quantitative estimate of drug-likeness (QED) is 0.586. The Morgan fingerprint density at radius 3 is 1.73 bits per heavy atom. The van der Waals surface area contributed by atoms with E-state index in [1.807, 2.05) is 0 Å². The van der Waals surface area contributed by atoms with E-state index in [0.717, 1.165) is 12.1 Å². The van der Waals surface area contributed by atoms with Crippen LogP contribution in [0.2, 0.25) is 0 Å². The minimum Gasteiger partial charge on any atom is -0.317 e. The van der Waals surface area contributed by atoms with Gasteiger partial charge in [0.2, 0.25) is 0 Å². The van der Waals surface area contributed by atoms with Crippen molar-refractivity contribution in [3.63, 3.8) is 0 Å². The molecular weight excluding hydrogens is 136 g/mol. The van der Waals surface area contributed by atoms with E-state index in [0.29, 0.717) is 0 Å². The fraction of sp³-hybridized carbons (Fsp3) is 1.00. The molecule has 2 nitrogen and oxygen atoms in total. The molecule has 0 aromatic carbocycles. The van der Waals surface area contributed by atoms with Gasteiger partial charge in [-0.1, -0.05) is 12.8 Å². The minimum absolute atomic E-state index is 0.745. The van der Waals surface area contributed by atoms with Gasteiger partial charge in [-0.2, -0.15) is 0 Å². The zero-order valence-corrected chi connectivity index (χ0v) is 7.69. The molecule has 1 aliphatic rings. The fourth-order valence-electron chi connectivity index (χ4n) is 1.88. The lowest BCUT2D eigenvalue weighted by molar-refractivity contribution is 0.432. The Kier molecular flexibility index (Phi) is 3.87. The van der Waals surface area contributed by atoms with Crippen LogP contribution in [0.3, 0.4) is 0 Å². The Hall–Kier alpha value is -0.0800. The van der Waals surface area contributed by atoms with Gasteiger partial charge in [-0.05, 0) is 33.4 Å². The first-order valence-electron chi connectivity index (χ1n) is 4.71. The van der Waals surface area contributed by atoms with Crippen LogP contribution >= 0.6 is 0 Å². The van der Waals surface area contributed by atoms with Crippen molar-refractivity contribution in [3.05, 3.63) is 0 Å². The maximum atomic E-state index is 3.37. The number of rotatable bonds is 2. The van der Waals surface area contributed by atoms with Crippen LogP contribution in [-0.2, 0) is 0 Å². The highest BCUT2D eigenvalue weighted by Crippen LogP contribution is 2.17. The molecule has 0 aromatic rings. The lowest BCUT2D eigenvalue weighted by atomic mass is 10.1. The molecule has 0 spiro atoms. The highest BCUT2D eigenvalue weighted by molar-refractivity contribution is 4.77. The third kappa shape index (κ3) is 2.80. The van der Waals surface area contributed by atoms with Gasteiger partial charge in [-0.15, -0.1) is 0 Å². The van der Waals surface area contributed by atoms with E-state index in [-0.39, 0.29) is 0 Å². The Morgan fingerprint density at radius 2 is 1.36 bits per heavy atom. The molecule has 11 heavy (non-hydrogen) atoms. The first kappa shape index (κ1) is 9.01. The van der Waals surface area contributed by atoms with Crippen LogP contribution in [0, 0.1) is 0 Å². The number of hydrogen-bond donors (Lipinski definition) is 2. The Morgan fingerprint density at radius 1 is 0.909 bits per heavy atom. The van der Waals surface area contributed by atoms with E-state index in [9.17, 15) is 0 Å². The first-order valence-corrected chi connectivity index (χ1v) is 4.71. The van der Waals surface area contributed by atoms with Gasteiger partial charge < -0.3 is 10.6 Å². The van der Waals surface area contributed by atoms with E-state index in [1.165, 1.54) is 32.1 Å². The van der Waals surface area contributed by atoms with Gasteiger partial charge in [0, 0.05) is 12.1 Å². The van der Waals surface area contributed by atoms with Gasteiger partial charge in [0.05, 0.1) is 0 Å². The second kappa shape index (κ2) is 4.73. The van der Waals surface area contributed by atoms with Crippen LogP contribution in [0.4, 0.5) is 0 Å². The van der Waals surface area contributed by atoms with E-state index in [2.05, 4.69) is 24.7 Å². The zero-order valence-electron chi connectivity index (χ0n) is 7.69. The first-order chi connectivity index (χ1) is 5.36. The lowest BCUT2D eigenvalue weighted by Gasteiger charge is -2.18. The van der Waals surface area contributed by atoms with Gasteiger partial charge in [0.1, 0.15) is 0 Å². The molecular formula is C9H20N2. The van der Waals surface area contributed by atoms with Crippen molar-refractivity contribution in [1.29, 1.82) is 0 Å². The standard InChI is InChI=1S/C9H20N2/c1-10-8-5-3-4-6-9(7-8)11-2/h8-11H,3-7H2,1-2H3. The SMILES string of the molecule is CNC1CCCCC(NC)C1. The molecule has 2 atom stereocenters. The van der Waals surface area contributed by atoms with Crippen molar-refractivity contribution in [2.45, 2.75) is 44.2 Å². The molecule has 1 saturated carbocycles. The van der Waals surface area contributed by atoms with Gasteiger partial charge in [0.25, 0.3) is 0 Å². The van der Waals surface area contributed by atoms with Crippen molar-refractivity contribution in [3.8, 4) is 0 Å². The predicted octanol–water partition coefficient (Wildman–Crippen LogP) is 1.13. The molecule has 0 aliphatic heterocycles. The molecule has 66 valence electrons. The van der Waals surface area contributed by atoms with Crippen molar-refractivity contribution in [2.75, 3.05) is 14.1 Å². The molecule has 0 amide bonds. The van der Waals surface area contributed by atoms with Crippen LogP contribution in [-0.4, -0.2) is 26.2 Å². The second-order valence-electron chi connectivity index (χ2n) is 3.49. The summed E-state index contributed by atoms with van der Waals surface area (Å²) in [4.78, 5) is 0. The van der Waals surface area contributed by atoms with E-state index >= 15 is 0 Å². The largest absolute Gasteiger partial charge is 0.317 e. The van der Waals surface area contributed by atoms with Crippen LogP contribution in [0.15, 0.2) is 0 Å². The summed E-state index contributed by atoms with van der Waals surface area (Å²) in [6, 6.07) is 1.49. The summed E-state index contributed by atoms with van der Waals surface area (Å²) in [6.07, 6.45) is 6.80. The maximum absolute atomic E-state index is 3.37. The van der Waals surface area contributed by atoms with Crippen molar-refractivity contribution in [1.82, 2.24) is 10.6 Å². The molecule has 2 heteroatoms. The Bertz CT molecular complexity index is 91.7. The zero-order chi connectivity index (χ0) is 8.10. The molecule has 1 aliphatic carbocycles. The molecule has 0 saturated heterocycles. The van der Waals surface area contributed by atoms with Crippen LogP contribution in [0.1, 0.15) is 32.1 Å². The maximum Gasteiger partial charge on any atom is 0.00788 e. The highest BCUT2D eigenvalue weighted by Gasteiger charge is 2.16. The Labute approximate surface area is 69.8 Å². The molecule has 1 fully saturated rings. The third-order valence-electron chi connectivity index (χ3n) is 2.74. The summed E-state index contributed by atoms with van der Waals surface area (Å²) < 4.78 is 0. The van der Waals surface area contributed by atoms with Crippen molar-refractivity contribution < 1.29 is 0 Å². The van der Waals surface area contributed by atoms with Crippen molar-refractivity contribution >= 4 is 0 Å². The minimum atomic E-state index is 0.745. The van der Waals surface area contributed by atoms with Gasteiger partial charge in [0.15, 0.2) is 0 Å². The predicted molar refractivity (Wildman–Crippen MR) is 48.8 cm³/mol. The fourth-order valence-corrected chi connectivity index (χ4v) is 1.88.